The number of likely N-dealkylation sites (tertiary alicyclic amines) is 1. The van der Waals surface area contributed by atoms with Crippen LogP contribution in [0.4, 0.5) is 0 Å². The van der Waals surface area contributed by atoms with E-state index < -0.39 is 5.60 Å². The van der Waals surface area contributed by atoms with Crippen LogP contribution in [0.25, 0.3) is 5.65 Å². The van der Waals surface area contributed by atoms with Gasteiger partial charge in [-0.05, 0) is 37.0 Å². The zero-order valence-corrected chi connectivity index (χ0v) is 15.9. The highest BCUT2D eigenvalue weighted by Gasteiger charge is 2.50. The van der Waals surface area contributed by atoms with Gasteiger partial charge in [-0.15, -0.1) is 0 Å². The molecule has 1 N–H and O–H groups in total. The van der Waals surface area contributed by atoms with Crippen molar-refractivity contribution in [3.63, 3.8) is 0 Å². The van der Waals surface area contributed by atoms with E-state index >= 15 is 0 Å². The van der Waals surface area contributed by atoms with Crippen molar-refractivity contribution >= 4 is 11.6 Å². The molecule has 5 nitrogen and oxygen atoms in total. The normalized spacial score (nSPS) is 27.5. The van der Waals surface area contributed by atoms with E-state index in [-0.39, 0.29) is 17.9 Å². The summed E-state index contributed by atoms with van der Waals surface area (Å²) in [4.78, 5) is 19.8. The molecule has 1 amide bonds. The van der Waals surface area contributed by atoms with Crippen LogP contribution in [0.1, 0.15) is 48.2 Å². The lowest BCUT2D eigenvalue weighted by Gasteiger charge is -2.52. The molecule has 3 atom stereocenters. The second-order valence-electron chi connectivity index (χ2n) is 8.09. The minimum Gasteiger partial charge on any atom is -0.385 e. The number of piperidine rings is 1. The van der Waals surface area contributed by atoms with Gasteiger partial charge in [0.1, 0.15) is 11.3 Å². The monoisotopic (exact) mass is 375 g/mol. The van der Waals surface area contributed by atoms with Gasteiger partial charge in [0.05, 0.1) is 5.60 Å². The number of nitrogens with zero attached hydrogens (tertiary/aromatic N) is 3. The van der Waals surface area contributed by atoms with Gasteiger partial charge in [0.15, 0.2) is 0 Å². The summed E-state index contributed by atoms with van der Waals surface area (Å²) >= 11 is 0. The molecule has 144 valence electrons. The second-order valence-corrected chi connectivity index (χ2v) is 8.09. The van der Waals surface area contributed by atoms with Gasteiger partial charge in [-0.25, -0.2) is 4.98 Å². The zero-order chi connectivity index (χ0) is 19.1. The van der Waals surface area contributed by atoms with Gasteiger partial charge in [-0.1, -0.05) is 49.2 Å². The van der Waals surface area contributed by atoms with Crippen molar-refractivity contribution in [1.82, 2.24) is 14.3 Å². The smallest absolute Gasteiger partial charge is 0.274 e. The van der Waals surface area contributed by atoms with E-state index in [9.17, 15) is 9.90 Å². The number of benzene rings is 1. The zero-order valence-electron chi connectivity index (χ0n) is 15.9. The van der Waals surface area contributed by atoms with Crippen LogP contribution in [0.5, 0.6) is 0 Å². The molecule has 3 heterocycles. The highest BCUT2D eigenvalue weighted by atomic mass is 16.3. The Kier molecular flexibility index (Phi) is 4.20. The largest absolute Gasteiger partial charge is 0.385 e. The standard InChI is InChI=1S/C23H25N3O2/c27-22(19-16-25-14-7-6-12-21(25)24-19)26-15-13-23(28,17-8-2-1-3-9-17)18-10-4-5-11-20(18)26/h1-3,6-9,12,14,16,18,20,28H,4-5,10-11,13,15H2/t18-,20?,23-/m1/s1. The summed E-state index contributed by atoms with van der Waals surface area (Å²) in [6.45, 7) is 0.555. The van der Waals surface area contributed by atoms with E-state index in [4.69, 9.17) is 0 Å². The van der Waals surface area contributed by atoms with Crippen LogP contribution in [0, 0.1) is 5.92 Å². The quantitative estimate of drug-likeness (QED) is 0.744. The van der Waals surface area contributed by atoms with Gasteiger partial charge in [-0.3, -0.25) is 4.79 Å². The summed E-state index contributed by atoms with van der Waals surface area (Å²) in [6, 6.07) is 15.8. The predicted octanol–water partition coefficient (Wildman–Crippen LogP) is 3.63. The summed E-state index contributed by atoms with van der Waals surface area (Å²) in [5.74, 6) is 0.0501. The predicted molar refractivity (Wildman–Crippen MR) is 107 cm³/mol. The Bertz CT molecular complexity index is 966. The Morgan fingerprint density at radius 3 is 2.68 bits per heavy atom. The molecular weight excluding hydrogens is 350 g/mol. The van der Waals surface area contributed by atoms with E-state index in [1.165, 1.54) is 0 Å². The summed E-state index contributed by atoms with van der Waals surface area (Å²) in [6.07, 6.45) is 8.38. The average Bonchev–Trinajstić information content (AvgIpc) is 3.19. The van der Waals surface area contributed by atoms with Crippen molar-refractivity contribution in [1.29, 1.82) is 0 Å². The number of carbonyl (C=O) groups is 1. The average molecular weight is 375 g/mol. The van der Waals surface area contributed by atoms with Gasteiger partial charge >= 0.3 is 0 Å². The molecule has 5 rings (SSSR count). The molecule has 1 aliphatic carbocycles. The topological polar surface area (TPSA) is 57.8 Å². The molecule has 1 aromatic carbocycles. The lowest BCUT2D eigenvalue weighted by Crippen LogP contribution is -2.59. The van der Waals surface area contributed by atoms with Crippen molar-refractivity contribution in [3.05, 3.63) is 72.2 Å². The van der Waals surface area contributed by atoms with Crippen LogP contribution in [0.3, 0.4) is 0 Å². The van der Waals surface area contributed by atoms with Crippen LogP contribution in [0.2, 0.25) is 0 Å². The minimum atomic E-state index is -0.859. The van der Waals surface area contributed by atoms with Gasteiger partial charge in [0, 0.05) is 30.9 Å². The van der Waals surface area contributed by atoms with Gasteiger partial charge in [-0.2, -0.15) is 0 Å². The number of imidazole rings is 1. The third kappa shape index (κ3) is 2.73. The first-order valence-corrected chi connectivity index (χ1v) is 10.2. The van der Waals surface area contributed by atoms with Crippen LogP contribution in [-0.4, -0.2) is 37.9 Å². The van der Waals surface area contributed by atoms with Crippen molar-refractivity contribution in [2.24, 2.45) is 5.92 Å². The summed E-state index contributed by atoms with van der Waals surface area (Å²) < 4.78 is 1.88. The number of carbonyl (C=O) groups excluding carboxylic acids is 1. The Labute approximate surface area is 164 Å². The van der Waals surface area contributed by atoms with Crippen molar-refractivity contribution in [3.8, 4) is 0 Å². The Morgan fingerprint density at radius 1 is 1.07 bits per heavy atom. The van der Waals surface area contributed by atoms with E-state index in [0.717, 1.165) is 36.9 Å². The molecule has 5 heteroatoms. The third-order valence-corrected chi connectivity index (χ3v) is 6.59. The summed E-state index contributed by atoms with van der Waals surface area (Å²) in [7, 11) is 0. The number of fused-ring (bicyclic) bond motifs is 2. The van der Waals surface area contributed by atoms with E-state index in [1.54, 1.807) is 0 Å². The maximum absolute atomic E-state index is 13.3. The number of hydrogen-bond donors (Lipinski definition) is 1. The molecule has 1 saturated carbocycles. The molecule has 3 aromatic rings. The van der Waals surface area contributed by atoms with E-state index in [0.29, 0.717) is 18.7 Å². The Hall–Kier alpha value is -2.66. The number of pyridine rings is 1. The third-order valence-electron chi connectivity index (χ3n) is 6.59. The van der Waals surface area contributed by atoms with E-state index in [2.05, 4.69) is 4.98 Å². The molecule has 1 unspecified atom stereocenters. The minimum absolute atomic E-state index is 0.0179. The van der Waals surface area contributed by atoms with Crippen molar-refractivity contribution < 1.29 is 9.90 Å². The number of hydrogen-bond acceptors (Lipinski definition) is 3. The van der Waals surface area contributed by atoms with Crippen LogP contribution >= 0.6 is 0 Å². The molecule has 0 bridgehead atoms. The second kappa shape index (κ2) is 6.74. The Balaban J connectivity index is 1.48. The SMILES string of the molecule is O=C(c1cn2ccccc2n1)N1CC[C@@](O)(c2ccccc2)[C@@H]2CCCCC21. The molecule has 0 radical (unpaired) electrons. The van der Waals surface area contributed by atoms with Crippen LogP contribution < -0.4 is 0 Å². The van der Waals surface area contributed by atoms with Crippen LogP contribution in [0.15, 0.2) is 60.9 Å². The molecule has 2 fully saturated rings. The number of aromatic nitrogens is 2. The summed E-state index contributed by atoms with van der Waals surface area (Å²) in [5.41, 5.74) is 1.39. The van der Waals surface area contributed by atoms with Crippen molar-refractivity contribution in [2.45, 2.75) is 43.7 Å². The van der Waals surface area contributed by atoms with Crippen LogP contribution in [-0.2, 0) is 5.60 Å². The molecule has 2 aliphatic rings. The molecule has 1 saturated heterocycles. The fourth-order valence-corrected chi connectivity index (χ4v) is 5.21. The fraction of sp³-hybridized carbons (Fsp3) is 0.391. The molecular formula is C23H25N3O2. The molecule has 28 heavy (non-hydrogen) atoms. The molecule has 1 aliphatic heterocycles. The molecule has 2 aromatic heterocycles. The van der Waals surface area contributed by atoms with Gasteiger partial charge < -0.3 is 14.4 Å². The fourth-order valence-electron chi connectivity index (χ4n) is 5.21. The van der Waals surface area contributed by atoms with Crippen molar-refractivity contribution in [2.75, 3.05) is 6.54 Å². The first-order chi connectivity index (χ1) is 13.7. The number of aliphatic hydroxyl groups is 1. The first-order valence-electron chi connectivity index (χ1n) is 10.2. The number of rotatable bonds is 2. The first kappa shape index (κ1) is 17.4. The maximum atomic E-state index is 13.3. The van der Waals surface area contributed by atoms with Gasteiger partial charge in [0.25, 0.3) is 5.91 Å². The molecule has 0 spiro atoms. The Morgan fingerprint density at radius 2 is 1.86 bits per heavy atom. The highest BCUT2D eigenvalue weighted by Crippen LogP contribution is 2.47. The van der Waals surface area contributed by atoms with Gasteiger partial charge in [0.2, 0.25) is 0 Å². The number of amides is 1. The maximum Gasteiger partial charge on any atom is 0.274 e. The lowest BCUT2D eigenvalue weighted by atomic mass is 9.66. The summed E-state index contributed by atoms with van der Waals surface area (Å²) in [5, 5.41) is 11.7. The highest BCUT2D eigenvalue weighted by molar-refractivity contribution is 5.93. The lowest BCUT2D eigenvalue weighted by molar-refractivity contribution is -0.110. The van der Waals surface area contributed by atoms with E-state index in [1.807, 2.05) is 70.2 Å².